The van der Waals surface area contributed by atoms with E-state index in [9.17, 15) is 13.2 Å². The number of nitrogens with zero attached hydrogens (tertiary/aromatic N) is 1. The first-order valence-electron chi connectivity index (χ1n) is 7.49. The summed E-state index contributed by atoms with van der Waals surface area (Å²) in [4.78, 5) is 11.9. The van der Waals surface area contributed by atoms with Crippen molar-refractivity contribution in [1.82, 2.24) is 9.62 Å². The van der Waals surface area contributed by atoms with Gasteiger partial charge >= 0.3 is 6.03 Å². The van der Waals surface area contributed by atoms with Gasteiger partial charge in [-0.15, -0.1) is 6.58 Å². The summed E-state index contributed by atoms with van der Waals surface area (Å²) in [6.07, 6.45) is 2.43. The van der Waals surface area contributed by atoms with E-state index in [4.69, 9.17) is 0 Å². The number of benzene rings is 1. The molecule has 1 rings (SSSR count). The van der Waals surface area contributed by atoms with E-state index in [0.29, 0.717) is 18.2 Å². The van der Waals surface area contributed by atoms with Crippen LogP contribution in [0.5, 0.6) is 0 Å². The average Bonchev–Trinajstić information content (AvgIpc) is 2.47. The van der Waals surface area contributed by atoms with E-state index in [1.54, 1.807) is 12.1 Å². The molecule has 2 N–H and O–H groups in total. The summed E-state index contributed by atoms with van der Waals surface area (Å²) >= 11 is 0. The van der Waals surface area contributed by atoms with Crippen molar-refractivity contribution in [3.05, 3.63) is 36.9 Å². The standard InChI is InChI=1S/C16H25N3O3S/c1-5-12-19(4)23(21,22)15-8-6-14(7-9-15)18-16(20)17-11-10-13(2)3/h5-9,13H,1,10-12H2,2-4H3,(H2,17,18,20). The smallest absolute Gasteiger partial charge is 0.319 e. The number of nitrogens with one attached hydrogen (secondary N) is 2. The quantitative estimate of drug-likeness (QED) is 0.715. The number of sulfonamides is 1. The molecule has 23 heavy (non-hydrogen) atoms. The SMILES string of the molecule is C=CCN(C)S(=O)(=O)c1ccc(NC(=O)NCCC(C)C)cc1. The van der Waals surface area contributed by atoms with Crippen LogP contribution < -0.4 is 10.6 Å². The molecular weight excluding hydrogens is 314 g/mol. The molecule has 0 aliphatic rings. The fraction of sp³-hybridized carbons (Fsp3) is 0.438. The van der Waals surface area contributed by atoms with Gasteiger partial charge in [-0.1, -0.05) is 19.9 Å². The van der Waals surface area contributed by atoms with E-state index in [1.807, 2.05) is 0 Å². The zero-order valence-electron chi connectivity index (χ0n) is 13.9. The largest absolute Gasteiger partial charge is 0.338 e. The minimum Gasteiger partial charge on any atom is -0.338 e. The van der Waals surface area contributed by atoms with Crippen LogP contribution in [0.15, 0.2) is 41.8 Å². The molecule has 0 spiro atoms. The van der Waals surface area contributed by atoms with Crippen LogP contribution in [-0.2, 0) is 10.0 Å². The van der Waals surface area contributed by atoms with Crippen LogP contribution in [0.25, 0.3) is 0 Å². The summed E-state index contributed by atoms with van der Waals surface area (Å²) in [5, 5.41) is 5.43. The van der Waals surface area contributed by atoms with Gasteiger partial charge in [-0.3, -0.25) is 0 Å². The molecule has 0 heterocycles. The Hall–Kier alpha value is -1.86. The molecule has 128 valence electrons. The van der Waals surface area contributed by atoms with Crippen molar-refractivity contribution in [3.63, 3.8) is 0 Å². The number of likely N-dealkylation sites (N-methyl/N-ethyl adjacent to an activating group) is 1. The number of urea groups is 1. The van der Waals surface area contributed by atoms with Crippen LogP contribution in [-0.4, -0.2) is 38.9 Å². The Morgan fingerprint density at radius 3 is 2.43 bits per heavy atom. The van der Waals surface area contributed by atoms with Gasteiger partial charge in [0.25, 0.3) is 0 Å². The summed E-state index contributed by atoms with van der Waals surface area (Å²) in [6.45, 7) is 8.54. The van der Waals surface area contributed by atoms with E-state index in [0.717, 1.165) is 6.42 Å². The number of anilines is 1. The third-order valence-electron chi connectivity index (χ3n) is 3.21. The second kappa shape index (κ2) is 8.69. The normalized spacial score (nSPS) is 11.5. The fourth-order valence-electron chi connectivity index (χ4n) is 1.82. The Kier molecular flexibility index (Phi) is 7.25. The van der Waals surface area contributed by atoms with Crippen molar-refractivity contribution in [1.29, 1.82) is 0 Å². The van der Waals surface area contributed by atoms with Crippen molar-refractivity contribution in [2.24, 2.45) is 5.92 Å². The molecule has 0 aromatic heterocycles. The number of hydrogen-bond donors (Lipinski definition) is 2. The summed E-state index contributed by atoms with van der Waals surface area (Å²) in [6, 6.07) is 5.77. The van der Waals surface area contributed by atoms with Crippen LogP contribution in [0.3, 0.4) is 0 Å². The molecular formula is C16H25N3O3S. The topological polar surface area (TPSA) is 78.5 Å². The third kappa shape index (κ3) is 6.03. The first kappa shape index (κ1) is 19.2. The van der Waals surface area contributed by atoms with Gasteiger partial charge in [-0.25, -0.2) is 13.2 Å². The van der Waals surface area contributed by atoms with Crippen LogP contribution in [0.4, 0.5) is 10.5 Å². The molecule has 0 bridgehead atoms. The molecule has 0 unspecified atom stereocenters. The van der Waals surface area contributed by atoms with E-state index in [-0.39, 0.29) is 17.5 Å². The molecule has 7 heteroatoms. The first-order valence-corrected chi connectivity index (χ1v) is 8.93. The molecule has 1 aromatic carbocycles. The number of carbonyl (C=O) groups is 1. The molecule has 0 saturated heterocycles. The zero-order chi connectivity index (χ0) is 17.5. The summed E-state index contributed by atoms with van der Waals surface area (Å²) in [7, 11) is -2.04. The van der Waals surface area contributed by atoms with Crippen LogP contribution in [0.2, 0.25) is 0 Å². The van der Waals surface area contributed by atoms with E-state index < -0.39 is 10.0 Å². The van der Waals surface area contributed by atoms with Gasteiger partial charge in [0.15, 0.2) is 0 Å². The van der Waals surface area contributed by atoms with E-state index >= 15 is 0 Å². The number of amides is 2. The predicted octanol–water partition coefficient (Wildman–Crippen LogP) is 2.66. The molecule has 1 aromatic rings. The van der Waals surface area contributed by atoms with Crippen molar-refractivity contribution >= 4 is 21.7 Å². The van der Waals surface area contributed by atoms with Gasteiger partial charge in [-0.05, 0) is 36.6 Å². The van der Waals surface area contributed by atoms with E-state index in [1.165, 1.54) is 29.6 Å². The lowest BCUT2D eigenvalue weighted by Crippen LogP contribution is -2.30. The van der Waals surface area contributed by atoms with Crippen molar-refractivity contribution in [2.45, 2.75) is 25.2 Å². The van der Waals surface area contributed by atoms with Gasteiger partial charge in [0.2, 0.25) is 10.0 Å². The van der Waals surface area contributed by atoms with Gasteiger partial charge in [0.05, 0.1) is 4.90 Å². The van der Waals surface area contributed by atoms with Gasteiger partial charge in [-0.2, -0.15) is 4.31 Å². The first-order chi connectivity index (χ1) is 10.8. The highest BCUT2D eigenvalue weighted by Gasteiger charge is 2.19. The number of hydrogen-bond acceptors (Lipinski definition) is 3. The van der Waals surface area contributed by atoms with Crippen LogP contribution >= 0.6 is 0 Å². The molecule has 0 saturated carbocycles. The molecule has 0 aliphatic carbocycles. The van der Waals surface area contributed by atoms with Crippen LogP contribution in [0, 0.1) is 5.92 Å². The fourth-order valence-corrected chi connectivity index (χ4v) is 2.96. The maximum absolute atomic E-state index is 12.2. The molecule has 2 amide bonds. The number of rotatable bonds is 8. The lowest BCUT2D eigenvalue weighted by molar-refractivity contribution is 0.251. The minimum atomic E-state index is -3.54. The molecule has 0 radical (unpaired) electrons. The molecule has 0 atom stereocenters. The molecule has 0 fully saturated rings. The zero-order valence-corrected chi connectivity index (χ0v) is 14.7. The van der Waals surface area contributed by atoms with Gasteiger partial charge < -0.3 is 10.6 Å². The highest BCUT2D eigenvalue weighted by Crippen LogP contribution is 2.17. The number of carbonyl (C=O) groups excluding carboxylic acids is 1. The Bertz CT molecular complexity index is 624. The summed E-state index contributed by atoms with van der Waals surface area (Å²) in [5.41, 5.74) is 0.539. The van der Waals surface area contributed by atoms with Crippen molar-refractivity contribution < 1.29 is 13.2 Å². The van der Waals surface area contributed by atoms with Crippen LogP contribution in [0.1, 0.15) is 20.3 Å². The minimum absolute atomic E-state index is 0.174. The highest BCUT2D eigenvalue weighted by atomic mass is 32.2. The maximum atomic E-state index is 12.2. The average molecular weight is 339 g/mol. The van der Waals surface area contributed by atoms with Crippen molar-refractivity contribution in [3.8, 4) is 0 Å². The van der Waals surface area contributed by atoms with E-state index in [2.05, 4.69) is 31.1 Å². The Balaban J connectivity index is 2.66. The highest BCUT2D eigenvalue weighted by molar-refractivity contribution is 7.89. The molecule has 6 nitrogen and oxygen atoms in total. The Morgan fingerprint density at radius 1 is 1.30 bits per heavy atom. The molecule has 0 aliphatic heterocycles. The van der Waals surface area contributed by atoms with Crippen molar-refractivity contribution in [2.75, 3.05) is 25.5 Å². The summed E-state index contributed by atoms with van der Waals surface area (Å²) < 4.78 is 25.7. The second-order valence-electron chi connectivity index (χ2n) is 5.66. The lowest BCUT2D eigenvalue weighted by Gasteiger charge is -2.15. The Labute approximate surface area is 138 Å². The van der Waals surface area contributed by atoms with Gasteiger partial charge in [0, 0.05) is 25.8 Å². The lowest BCUT2D eigenvalue weighted by atomic mass is 10.1. The maximum Gasteiger partial charge on any atom is 0.319 e. The Morgan fingerprint density at radius 2 is 1.91 bits per heavy atom. The monoisotopic (exact) mass is 339 g/mol. The van der Waals surface area contributed by atoms with Gasteiger partial charge in [0.1, 0.15) is 0 Å². The third-order valence-corrected chi connectivity index (χ3v) is 5.05. The second-order valence-corrected chi connectivity index (χ2v) is 7.71. The summed E-state index contributed by atoms with van der Waals surface area (Å²) in [5.74, 6) is 0.521. The predicted molar refractivity (Wildman–Crippen MR) is 92.9 cm³/mol.